The molecule has 0 aromatic heterocycles. The Bertz CT molecular complexity index is 497. The van der Waals surface area contributed by atoms with Crippen LogP contribution < -0.4 is 11.3 Å². The summed E-state index contributed by atoms with van der Waals surface area (Å²) in [6, 6.07) is 3.68. The highest BCUT2D eigenvalue weighted by Crippen LogP contribution is 2.59. The van der Waals surface area contributed by atoms with Gasteiger partial charge in [0.2, 0.25) is 0 Å². The van der Waals surface area contributed by atoms with Crippen molar-refractivity contribution in [1.82, 2.24) is 5.43 Å². The van der Waals surface area contributed by atoms with Crippen molar-refractivity contribution in [3.8, 4) is 0 Å². The minimum atomic E-state index is -0.480. The number of nitrogens with one attached hydrogen (secondary N) is 1. The highest BCUT2D eigenvalue weighted by molar-refractivity contribution is 5.25. The Kier molecular flexibility index (Phi) is 3.27. The predicted molar refractivity (Wildman–Crippen MR) is 77.0 cm³/mol. The van der Waals surface area contributed by atoms with Crippen molar-refractivity contribution in [3.05, 3.63) is 35.4 Å². The van der Waals surface area contributed by atoms with Gasteiger partial charge in [0, 0.05) is 5.56 Å². The fourth-order valence-electron chi connectivity index (χ4n) is 5.71. The van der Waals surface area contributed by atoms with Gasteiger partial charge in [-0.1, -0.05) is 6.07 Å². The summed E-state index contributed by atoms with van der Waals surface area (Å²) >= 11 is 0. The van der Waals surface area contributed by atoms with Gasteiger partial charge < -0.3 is 0 Å². The molecule has 4 heteroatoms. The van der Waals surface area contributed by atoms with Crippen LogP contribution in [0.1, 0.15) is 43.7 Å². The molecule has 114 valence electrons. The molecule has 0 radical (unpaired) electrons. The average Bonchev–Trinajstić information content (AvgIpc) is 2.43. The van der Waals surface area contributed by atoms with Crippen LogP contribution >= 0.6 is 0 Å². The molecule has 4 aliphatic carbocycles. The number of benzene rings is 1. The average molecular weight is 292 g/mol. The number of hydrogen-bond acceptors (Lipinski definition) is 2. The SMILES string of the molecule is NNC(c1c(F)cccc1F)C1C2CC3CC(C2)CC1C3. The van der Waals surface area contributed by atoms with Gasteiger partial charge in [0.1, 0.15) is 11.6 Å². The Morgan fingerprint density at radius 2 is 1.48 bits per heavy atom. The van der Waals surface area contributed by atoms with E-state index in [-0.39, 0.29) is 11.5 Å². The van der Waals surface area contributed by atoms with E-state index in [0.29, 0.717) is 11.8 Å². The van der Waals surface area contributed by atoms with Crippen molar-refractivity contribution in [2.75, 3.05) is 0 Å². The van der Waals surface area contributed by atoms with E-state index in [4.69, 9.17) is 5.84 Å². The third kappa shape index (κ3) is 2.11. The van der Waals surface area contributed by atoms with Gasteiger partial charge in [0.05, 0.1) is 6.04 Å². The molecule has 3 N–H and O–H groups in total. The molecule has 0 saturated heterocycles. The zero-order valence-corrected chi connectivity index (χ0v) is 12.1. The quantitative estimate of drug-likeness (QED) is 0.660. The summed E-state index contributed by atoms with van der Waals surface area (Å²) in [5.41, 5.74) is 2.88. The van der Waals surface area contributed by atoms with Crippen LogP contribution in [-0.4, -0.2) is 0 Å². The van der Waals surface area contributed by atoms with Crippen molar-refractivity contribution >= 4 is 0 Å². The first-order valence-corrected chi connectivity index (χ1v) is 8.07. The lowest BCUT2D eigenvalue weighted by Gasteiger charge is -2.56. The Hall–Kier alpha value is -1.00. The maximum atomic E-state index is 14.2. The summed E-state index contributed by atoms with van der Waals surface area (Å²) in [5.74, 6) is 7.87. The predicted octanol–water partition coefficient (Wildman–Crippen LogP) is 3.54. The standard InChI is InChI=1S/C17H22F2N2/c18-13-2-1-3-14(19)16(13)17(21-20)15-11-5-9-4-10(7-11)8-12(15)6-9/h1-3,9-12,15,17,21H,4-8,20H2. The summed E-state index contributed by atoms with van der Waals surface area (Å²) in [6.07, 6.45) is 6.23. The molecule has 4 aliphatic rings. The molecule has 2 nitrogen and oxygen atoms in total. The Labute approximate surface area is 124 Å². The second-order valence-electron chi connectivity index (χ2n) is 7.29. The largest absolute Gasteiger partial charge is 0.271 e. The molecule has 5 rings (SSSR count). The van der Waals surface area contributed by atoms with Crippen LogP contribution in [0.25, 0.3) is 0 Å². The van der Waals surface area contributed by atoms with Gasteiger partial charge in [-0.25, -0.2) is 8.78 Å². The summed E-state index contributed by atoms with van der Waals surface area (Å²) in [5, 5.41) is 0. The molecule has 21 heavy (non-hydrogen) atoms. The first-order valence-electron chi connectivity index (χ1n) is 8.07. The second-order valence-corrected chi connectivity index (χ2v) is 7.29. The van der Waals surface area contributed by atoms with Gasteiger partial charge in [-0.15, -0.1) is 0 Å². The molecule has 1 aromatic carbocycles. The zero-order valence-electron chi connectivity index (χ0n) is 12.1. The molecule has 0 spiro atoms. The van der Waals surface area contributed by atoms with E-state index in [2.05, 4.69) is 5.43 Å². The Morgan fingerprint density at radius 3 is 1.95 bits per heavy atom. The number of rotatable bonds is 3. The van der Waals surface area contributed by atoms with E-state index in [0.717, 1.165) is 11.8 Å². The lowest BCUT2D eigenvalue weighted by Crippen LogP contribution is -2.51. The maximum Gasteiger partial charge on any atom is 0.130 e. The molecule has 0 amide bonds. The van der Waals surface area contributed by atoms with Gasteiger partial charge in [-0.3, -0.25) is 11.3 Å². The van der Waals surface area contributed by atoms with Crippen LogP contribution in [-0.2, 0) is 0 Å². The fraction of sp³-hybridized carbons (Fsp3) is 0.647. The normalized spacial score (nSPS) is 38.7. The minimum Gasteiger partial charge on any atom is -0.271 e. The molecular weight excluding hydrogens is 270 g/mol. The van der Waals surface area contributed by atoms with Crippen molar-refractivity contribution in [1.29, 1.82) is 0 Å². The van der Waals surface area contributed by atoms with Gasteiger partial charge in [0.15, 0.2) is 0 Å². The first kappa shape index (κ1) is 13.6. The molecule has 0 heterocycles. The van der Waals surface area contributed by atoms with Crippen molar-refractivity contribution in [2.45, 2.75) is 38.1 Å². The van der Waals surface area contributed by atoms with Crippen LogP contribution in [0, 0.1) is 41.2 Å². The van der Waals surface area contributed by atoms with Gasteiger partial charge in [-0.2, -0.15) is 0 Å². The molecule has 1 aromatic rings. The zero-order chi connectivity index (χ0) is 14.6. The van der Waals surface area contributed by atoms with Crippen molar-refractivity contribution in [3.63, 3.8) is 0 Å². The van der Waals surface area contributed by atoms with E-state index in [9.17, 15) is 8.78 Å². The summed E-state index contributed by atoms with van der Waals surface area (Å²) in [4.78, 5) is 0. The van der Waals surface area contributed by atoms with Crippen LogP contribution in [0.5, 0.6) is 0 Å². The maximum absolute atomic E-state index is 14.2. The highest BCUT2D eigenvalue weighted by atomic mass is 19.1. The van der Waals surface area contributed by atoms with Crippen LogP contribution in [0.4, 0.5) is 8.78 Å². The summed E-state index contributed by atoms with van der Waals surface area (Å²) in [6.45, 7) is 0. The van der Waals surface area contributed by atoms with E-state index < -0.39 is 17.7 Å². The summed E-state index contributed by atoms with van der Waals surface area (Å²) in [7, 11) is 0. The monoisotopic (exact) mass is 292 g/mol. The van der Waals surface area contributed by atoms with E-state index >= 15 is 0 Å². The van der Waals surface area contributed by atoms with Gasteiger partial charge in [0.25, 0.3) is 0 Å². The molecule has 4 saturated carbocycles. The van der Waals surface area contributed by atoms with E-state index in [1.54, 1.807) is 0 Å². The number of hydrazine groups is 1. The fourth-order valence-corrected chi connectivity index (χ4v) is 5.71. The van der Waals surface area contributed by atoms with E-state index in [1.807, 2.05) is 0 Å². The molecule has 1 unspecified atom stereocenters. The molecule has 1 atom stereocenters. The minimum absolute atomic E-state index is 0.137. The van der Waals surface area contributed by atoms with Crippen molar-refractivity contribution in [2.24, 2.45) is 35.4 Å². The topological polar surface area (TPSA) is 38.0 Å². The highest BCUT2D eigenvalue weighted by Gasteiger charge is 2.51. The third-order valence-electron chi connectivity index (χ3n) is 6.17. The smallest absolute Gasteiger partial charge is 0.130 e. The molecule has 4 bridgehead atoms. The van der Waals surface area contributed by atoms with Crippen molar-refractivity contribution < 1.29 is 8.78 Å². The number of hydrogen-bond donors (Lipinski definition) is 2. The lowest BCUT2D eigenvalue weighted by molar-refractivity contribution is -0.0534. The van der Waals surface area contributed by atoms with Crippen LogP contribution in [0.15, 0.2) is 18.2 Å². The van der Waals surface area contributed by atoms with Crippen LogP contribution in [0.2, 0.25) is 0 Å². The Balaban J connectivity index is 1.70. The third-order valence-corrected chi connectivity index (χ3v) is 6.17. The molecular formula is C17H22F2N2. The Morgan fingerprint density at radius 1 is 0.952 bits per heavy atom. The first-order chi connectivity index (χ1) is 10.2. The lowest BCUT2D eigenvalue weighted by atomic mass is 9.50. The second kappa shape index (κ2) is 5.03. The van der Waals surface area contributed by atoms with Gasteiger partial charge in [-0.05, 0) is 73.8 Å². The van der Waals surface area contributed by atoms with E-state index in [1.165, 1.54) is 50.3 Å². The summed E-state index contributed by atoms with van der Waals surface area (Å²) < 4.78 is 28.3. The number of halogens is 2. The number of nitrogens with two attached hydrogens (primary N) is 1. The molecule has 4 fully saturated rings. The molecule has 0 aliphatic heterocycles. The van der Waals surface area contributed by atoms with Crippen LogP contribution in [0.3, 0.4) is 0 Å². The van der Waals surface area contributed by atoms with Gasteiger partial charge >= 0.3 is 0 Å².